The normalized spacial score (nSPS) is 19.9. The number of ether oxygens (including phenoxy) is 1. The lowest BCUT2D eigenvalue weighted by atomic mass is 10.1. The maximum atomic E-state index is 5.95. The van der Waals surface area contributed by atoms with Gasteiger partial charge in [-0.1, -0.05) is 11.6 Å². The van der Waals surface area contributed by atoms with Crippen LogP contribution in [-0.2, 0) is 4.74 Å². The summed E-state index contributed by atoms with van der Waals surface area (Å²) in [5.41, 5.74) is 0. The minimum atomic E-state index is 0.515. The van der Waals surface area contributed by atoms with E-state index in [2.05, 4.69) is 14.9 Å². The van der Waals surface area contributed by atoms with Crippen molar-refractivity contribution in [1.29, 1.82) is 0 Å². The van der Waals surface area contributed by atoms with Crippen LogP contribution in [0.5, 0.6) is 0 Å². The summed E-state index contributed by atoms with van der Waals surface area (Å²) in [6, 6.07) is 1.83. The van der Waals surface area contributed by atoms with Gasteiger partial charge in [-0.15, -0.1) is 0 Å². The molecule has 17 heavy (non-hydrogen) atoms. The average molecular weight is 256 g/mol. The van der Waals surface area contributed by atoms with Crippen LogP contribution < -0.4 is 4.90 Å². The summed E-state index contributed by atoms with van der Waals surface area (Å²) >= 11 is 5.95. The zero-order valence-corrected chi connectivity index (χ0v) is 11.1. The van der Waals surface area contributed by atoms with Crippen molar-refractivity contribution in [2.75, 3.05) is 31.2 Å². The Morgan fingerprint density at radius 2 is 2.35 bits per heavy atom. The molecule has 0 amide bonds. The summed E-state index contributed by atoms with van der Waals surface area (Å²) in [5, 5.41) is 0.515. The molecule has 0 N–H and O–H groups in total. The molecule has 1 atom stereocenters. The van der Waals surface area contributed by atoms with Gasteiger partial charge in [0.05, 0.1) is 6.61 Å². The first-order valence-corrected chi connectivity index (χ1v) is 6.40. The molecular formula is C12H18ClN3O. The molecule has 1 aliphatic rings. The summed E-state index contributed by atoms with van der Waals surface area (Å²) in [6.07, 6.45) is 1.15. The summed E-state index contributed by atoms with van der Waals surface area (Å²) in [4.78, 5) is 10.8. The number of aromatic nitrogens is 2. The molecule has 4 nitrogen and oxygen atoms in total. The van der Waals surface area contributed by atoms with Gasteiger partial charge in [-0.3, -0.25) is 0 Å². The van der Waals surface area contributed by atoms with Gasteiger partial charge in [0.1, 0.15) is 16.8 Å². The number of nitrogens with zero attached hydrogens (tertiary/aromatic N) is 3. The highest BCUT2D eigenvalue weighted by atomic mass is 35.5. The highest BCUT2D eigenvalue weighted by Gasteiger charge is 2.23. The molecule has 1 aromatic rings. The minimum absolute atomic E-state index is 0.515. The van der Waals surface area contributed by atoms with Crippen LogP contribution in [0.2, 0.25) is 5.15 Å². The number of hydrogen-bond acceptors (Lipinski definition) is 4. The van der Waals surface area contributed by atoms with E-state index in [9.17, 15) is 0 Å². The lowest BCUT2D eigenvalue weighted by molar-refractivity contribution is 0.117. The molecule has 1 saturated heterocycles. The summed E-state index contributed by atoms with van der Waals surface area (Å²) < 4.78 is 5.46. The van der Waals surface area contributed by atoms with Gasteiger partial charge in [0, 0.05) is 31.7 Å². The maximum Gasteiger partial charge on any atom is 0.134 e. The van der Waals surface area contributed by atoms with Gasteiger partial charge in [-0.05, 0) is 20.3 Å². The Labute approximate surface area is 107 Å². The Hall–Kier alpha value is -0.870. The third-order valence-corrected chi connectivity index (χ3v) is 3.15. The van der Waals surface area contributed by atoms with Gasteiger partial charge in [0.2, 0.25) is 0 Å². The Kier molecular flexibility index (Phi) is 4.18. The number of hydrogen-bond donors (Lipinski definition) is 0. The largest absolute Gasteiger partial charge is 0.381 e. The van der Waals surface area contributed by atoms with Gasteiger partial charge in [-0.25, -0.2) is 9.97 Å². The maximum absolute atomic E-state index is 5.95. The minimum Gasteiger partial charge on any atom is -0.381 e. The third-order valence-electron chi connectivity index (χ3n) is 2.96. The summed E-state index contributed by atoms with van der Waals surface area (Å²) in [7, 11) is 0. The molecule has 94 valence electrons. The Balaban J connectivity index is 1.99. The van der Waals surface area contributed by atoms with Crippen molar-refractivity contribution in [3.63, 3.8) is 0 Å². The first-order chi connectivity index (χ1) is 8.19. The van der Waals surface area contributed by atoms with Crippen molar-refractivity contribution in [3.05, 3.63) is 17.0 Å². The predicted octanol–water partition coefficient (Wildman–Crippen LogP) is 2.30. The lowest BCUT2D eigenvalue weighted by Crippen LogP contribution is -2.22. The van der Waals surface area contributed by atoms with Crippen molar-refractivity contribution in [2.24, 2.45) is 5.92 Å². The highest BCUT2D eigenvalue weighted by Crippen LogP contribution is 2.24. The summed E-state index contributed by atoms with van der Waals surface area (Å²) in [5.74, 6) is 2.26. The van der Waals surface area contributed by atoms with Crippen LogP contribution in [0.1, 0.15) is 19.2 Å². The predicted molar refractivity (Wildman–Crippen MR) is 68.6 cm³/mol. The molecule has 2 heterocycles. The molecule has 0 saturated carbocycles. The molecule has 0 aliphatic carbocycles. The van der Waals surface area contributed by atoms with E-state index in [-0.39, 0.29) is 0 Å². The van der Waals surface area contributed by atoms with Crippen LogP contribution in [0.3, 0.4) is 0 Å². The second kappa shape index (κ2) is 5.65. The van der Waals surface area contributed by atoms with Crippen molar-refractivity contribution >= 4 is 17.4 Å². The third kappa shape index (κ3) is 3.30. The van der Waals surface area contributed by atoms with E-state index in [0.717, 1.165) is 44.4 Å². The van der Waals surface area contributed by atoms with E-state index in [4.69, 9.17) is 16.3 Å². The number of halogens is 1. The van der Waals surface area contributed by atoms with Gasteiger partial charge < -0.3 is 9.64 Å². The first kappa shape index (κ1) is 12.6. The molecule has 1 aromatic heterocycles. The van der Waals surface area contributed by atoms with Crippen molar-refractivity contribution in [1.82, 2.24) is 9.97 Å². The number of aryl methyl sites for hydroxylation is 1. The molecule has 1 fully saturated rings. The second-order valence-corrected chi connectivity index (χ2v) is 4.74. The molecule has 0 aromatic carbocycles. The van der Waals surface area contributed by atoms with E-state index >= 15 is 0 Å². The first-order valence-electron chi connectivity index (χ1n) is 6.03. The average Bonchev–Trinajstić information content (AvgIpc) is 2.73. The van der Waals surface area contributed by atoms with Crippen LogP contribution >= 0.6 is 11.6 Å². The van der Waals surface area contributed by atoms with Crippen LogP contribution in [0.25, 0.3) is 0 Å². The molecule has 5 heteroatoms. The molecular weight excluding hydrogens is 238 g/mol. The fraction of sp³-hybridized carbons (Fsp3) is 0.667. The van der Waals surface area contributed by atoms with E-state index in [1.54, 1.807) is 0 Å². The van der Waals surface area contributed by atoms with E-state index < -0.39 is 0 Å². The van der Waals surface area contributed by atoms with Gasteiger partial charge in [0.25, 0.3) is 0 Å². The second-order valence-electron chi connectivity index (χ2n) is 4.36. The molecule has 0 bridgehead atoms. The quantitative estimate of drug-likeness (QED) is 0.774. The van der Waals surface area contributed by atoms with Gasteiger partial charge >= 0.3 is 0 Å². The van der Waals surface area contributed by atoms with E-state index in [1.807, 2.05) is 19.9 Å². The van der Waals surface area contributed by atoms with Crippen LogP contribution in [0.4, 0.5) is 5.82 Å². The molecule has 2 rings (SSSR count). The number of rotatable bonds is 4. The van der Waals surface area contributed by atoms with Crippen LogP contribution in [0.15, 0.2) is 6.07 Å². The Bertz CT molecular complexity index is 366. The van der Waals surface area contributed by atoms with E-state index in [0.29, 0.717) is 11.1 Å². The van der Waals surface area contributed by atoms with Crippen molar-refractivity contribution in [2.45, 2.75) is 20.3 Å². The summed E-state index contributed by atoms with van der Waals surface area (Å²) in [6.45, 7) is 7.53. The van der Waals surface area contributed by atoms with Gasteiger partial charge in [0.15, 0.2) is 0 Å². The number of anilines is 1. The Morgan fingerprint density at radius 3 is 3.06 bits per heavy atom. The van der Waals surface area contributed by atoms with E-state index in [1.165, 1.54) is 0 Å². The topological polar surface area (TPSA) is 38.2 Å². The fourth-order valence-corrected chi connectivity index (χ4v) is 2.36. The SMILES string of the molecule is CCOC[C@H]1CCN(c2cc(Cl)nc(C)n2)C1. The monoisotopic (exact) mass is 255 g/mol. The molecule has 1 aliphatic heterocycles. The zero-order valence-electron chi connectivity index (χ0n) is 10.3. The molecule has 0 unspecified atom stereocenters. The molecule has 0 radical (unpaired) electrons. The van der Waals surface area contributed by atoms with Crippen molar-refractivity contribution < 1.29 is 4.74 Å². The molecule has 0 spiro atoms. The van der Waals surface area contributed by atoms with Crippen LogP contribution in [-0.4, -0.2) is 36.3 Å². The van der Waals surface area contributed by atoms with Crippen molar-refractivity contribution in [3.8, 4) is 0 Å². The smallest absolute Gasteiger partial charge is 0.134 e. The lowest BCUT2D eigenvalue weighted by Gasteiger charge is -2.17. The standard InChI is InChI=1S/C12H18ClN3O/c1-3-17-8-10-4-5-16(7-10)12-6-11(13)14-9(2)15-12/h6,10H,3-5,7-8H2,1-2H3/t10-/m0/s1. The highest BCUT2D eigenvalue weighted by molar-refractivity contribution is 6.29. The Morgan fingerprint density at radius 1 is 1.53 bits per heavy atom. The fourth-order valence-electron chi connectivity index (χ4n) is 2.14. The van der Waals surface area contributed by atoms with Gasteiger partial charge in [-0.2, -0.15) is 0 Å². The zero-order chi connectivity index (χ0) is 12.3. The van der Waals surface area contributed by atoms with Crippen LogP contribution in [0, 0.1) is 12.8 Å².